The van der Waals surface area contributed by atoms with E-state index in [1.165, 1.54) is 23.5 Å². The Morgan fingerprint density at radius 3 is 2.74 bits per heavy atom. The Balaban J connectivity index is 1.36. The first-order valence-corrected chi connectivity index (χ1v) is 9.49. The van der Waals surface area contributed by atoms with Crippen LogP contribution in [0.5, 0.6) is 0 Å². The van der Waals surface area contributed by atoms with Crippen molar-refractivity contribution in [1.82, 2.24) is 14.9 Å². The predicted molar refractivity (Wildman–Crippen MR) is 105 cm³/mol. The molecule has 1 aromatic carbocycles. The van der Waals surface area contributed by atoms with Gasteiger partial charge in [-0.05, 0) is 24.3 Å². The van der Waals surface area contributed by atoms with Gasteiger partial charge in [-0.15, -0.1) is 11.3 Å². The fourth-order valence-corrected chi connectivity index (χ4v) is 3.82. The van der Waals surface area contributed by atoms with Gasteiger partial charge in [0.25, 0.3) is 0 Å². The largest absolute Gasteiger partial charge is 0.345 e. The molecular formula is C19H18FN5OS. The molecule has 2 amide bonds. The molecule has 8 heteroatoms. The second-order valence-corrected chi connectivity index (χ2v) is 7.01. The summed E-state index contributed by atoms with van der Waals surface area (Å²) < 4.78 is 13.4. The molecule has 1 aliphatic rings. The van der Waals surface area contributed by atoms with Crippen molar-refractivity contribution < 1.29 is 9.18 Å². The lowest BCUT2D eigenvalue weighted by molar-refractivity contribution is 0.208. The van der Waals surface area contributed by atoms with E-state index in [0.29, 0.717) is 31.9 Å². The summed E-state index contributed by atoms with van der Waals surface area (Å²) in [5.74, 6) is -0.268. The average Bonchev–Trinajstić information content (AvgIpc) is 3.19. The summed E-state index contributed by atoms with van der Waals surface area (Å²) in [7, 11) is 0. The maximum Gasteiger partial charge on any atom is 0.322 e. The highest BCUT2D eigenvalue weighted by atomic mass is 32.1. The minimum Gasteiger partial charge on any atom is -0.345 e. The molecule has 1 aliphatic heterocycles. The second-order valence-electron chi connectivity index (χ2n) is 6.17. The summed E-state index contributed by atoms with van der Waals surface area (Å²) in [6.45, 7) is 2.63. The Morgan fingerprint density at radius 2 is 2.00 bits per heavy atom. The van der Waals surface area contributed by atoms with E-state index in [1.54, 1.807) is 29.4 Å². The van der Waals surface area contributed by atoms with Gasteiger partial charge >= 0.3 is 6.03 Å². The highest BCUT2D eigenvalue weighted by Crippen LogP contribution is 2.28. The maximum absolute atomic E-state index is 13.4. The van der Waals surface area contributed by atoms with E-state index < -0.39 is 0 Å². The third-order valence-electron chi connectivity index (χ3n) is 4.36. The molecule has 4 rings (SSSR count). The standard InChI is InChI=1S/C19H18FN5OS/c20-15-4-1-3-14(11-15)17-13-27-19(23-17)25-9-7-24(8-10-25)18(26)22-16-5-2-6-21-12-16/h1-6,11-13H,7-10H2,(H,22,26). The lowest BCUT2D eigenvalue weighted by atomic mass is 10.2. The minimum absolute atomic E-state index is 0.123. The number of piperazine rings is 1. The van der Waals surface area contributed by atoms with Crippen molar-refractivity contribution in [2.24, 2.45) is 0 Å². The summed E-state index contributed by atoms with van der Waals surface area (Å²) >= 11 is 1.53. The van der Waals surface area contributed by atoms with Crippen LogP contribution in [-0.2, 0) is 0 Å². The van der Waals surface area contributed by atoms with Gasteiger partial charge in [0.1, 0.15) is 5.82 Å². The van der Waals surface area contributed by atoms with E-state index in [0.717, 1.165) is 16.4 Å². The first-order valence-electron chi connectivity index (χ1n) is 8.61. The fraction of sp³-hybridized carbons (Fsp3) is 0.211. The summed E-state index contributed by atoms with van der Waals surface area (Å²) in [5.41, 5.74) is 2.22. The Labute approximate surface area is 160 Å². The number of urea groups is 1. The van der Waals surface area contributed by atoms with E-state index in [4.69, 9.17) is 0 Å². The van der Waals surface area contributed by atoms with Gasteiger partial charge in [0.05, 0.1) is 17.6 Å². The zero-order valence-corrected chi connectivity index (χ0v) is 15.3. The topological polar surface area (TPSA) is 61.4 Å². The Bertz CT molecular complexity index is 925. The molecule has 3 heterocycles. The Hall–Kier alpha value is -3.00. The molecule has 3 aromatic rings. The number of rotatable bonds is 3. The minimum atomic E-state index is -0.268. The summed E-state index contributed by atoms with van der Waals surface area (Å²) in [5, 5.41) is 5.68. The molecule has 27 heavy (non-hydrogen) atoms. The third-order valence-corrected chi connectivity index (χ3v) is 5.26. The zero-order chi connectivity index (χ0) is 18.6. The number of hydrogen-bond donors (Lipinski definition) is 1. The molecular weight excluding hydrogens is 365 g/mol. The molecule has 0 saturated carbocycles. The van der Waals surface area contributed by atoms with Crippen molar-refractivity contribution in [2.45, 2.75) is 0 Å². The predicted octanol–water partition coefficient (Wildman–Crippen LogP) is 3.70. The number of carbonyl (C=O) groups is 1. The van der Waals surface area contributed by atoms with Gasteiger partial charge in [0.15, 0.2) is 5.13 Å². The van der Waals surface area contributed by atoms with Gasteiger partial charge in [-0.3, -0.25) is 4.98 Å². The van der Waals surface area contributed by atoms with Gasteiger partial charge in [-0.2, -0.15) is 0 Å². The zero-order valence-electron chi connectivity index (χ0n) is 14.5. The normalized spacial score (nSPS) is 14.3. The van der Waals surface area contributed by atoms with Crippen LogP contribution in [0.15, 0.2) is 54.2 Å². The number of aromatic nitrogens is 2. The van der Waals surface area contributed by atoms with Crippen LogP contribution in [0.1, 0.15) is 0 Å². The lowest BCUT2D eigenvalue weighted by Crippen LogP contribution is -2.50. The molecule has 0 atom stereocenters. The lowest BCUT2D eigenvalue weighted by Gasteiger charge is -2.34. The summed E-state index contributed by atoms with van der Waals surface area (Å²) in [4.78, 5) is 24.9. The number of pyridine rings is 1. The van der Waals surface area contributed by atoms with E-state index in [-0.39, 0.29) is 11.8 Å². The number of thiazole rings is 1. The highest BCUT2D eigenvalue weighted by Gasteiger charge is 2.23. The van der Waals surface area contributed by atoms with Gasteiger partial charge < -0.3 is 15.1 Å². The maximum atomic E-state index is 13.4. The van der Waals surface area contributed by atoms with Crippen LogP contribution in [0, 0.1) is 5.82 Å². The van der Waals surface area contributed by atoms with Crippen LogP contribution in [0.4, 0.5) is 20.0 Å². The molecule has 6 nitrogen and oxygen atoms in total. The fourth-order valence-electron chi connectivity index (χ4n) is 2.93. The Kier molecular flexibility index (Phi) is 4.97. The molecule has 1 saturated heterocycles. The van der Waals surface area contributed by atoms with E-state index in [2.05, 4.69) is 20.2 Å². The van der Waals surface area contributed by atoms with Crippen molar-refractivity contribution >= 4 is 28.2 Å². The van der Waals surface area contributed by atoms with Crippen LogP contribution in [-0.4, -0.2) is 47.1 Å². The molecule has 0 radical (unpaired) electrons. The quantitative estimate of drug-likeness (QED) is 0.749. The molecule has 0 bridgehead atoms. The van der Waals surface area contributed by atoms with Crippen molar-refractivity contribution in [3.05, 3.63) is 60.0 Å². The van der Waals surface area contributed by atoms with Crippen molar-refractivity contribution in [2.75, 3.05) is 36.4 Å². The SMILES string of the molecule is O=C(Nc1cccnc1)N1CCN(c2nc(-c3cccc(F)c3)cs2)CC1. The van der Waals surface area contributed by atoms with Crippen molar-refractivity contribution in [3.8, 4) is 11.3 Å². The van der Waals surface area contributed by atoms with Crippen molar-refractivity contribution in [1.29, 1.82) is 0 Å². The molecule has 2 aromatic heterocycles. The van der Waals surface area contributed by atoms with E-state index >= 15 is 0 Å². The number of nitrogens with one attached hydrogen (secondary N) is 1. The second kappa shape index (κ2) is 7.71. The van der Waals surface area contributed by atoms with Gasteiger partial charge in [-0.25, -0.2) is 14.2 Å². The number of carbonyl (C=O) groups excluding carboxylic acids is 1. The molecule has 0 spiro atoms. The summed E-state index contributed by atoms with van der Waals surface area (Å²) in [6, 6.07) is 9.91. The molecule has 0 aliphatic carbocycles. The summed E-state index contributed by atoms with van der Waals surface area (Å²) in [6.07, 6.45) is 3.29. The monoisotopic (exact) mass is 383 g/mol. The van der Waals surface area contributed by atoms with Crippen LogP contribution in [0.2, 0.25) is 0 Å². The number of hydrogen-bond acceptors (Lipinski definition) is 5. The van der Waals surface area contributed by atoms with Gasteiger partial charge in [0.2, 0.25) is 0 Å². The van der Waals surface area contributed by atoms with Crippen LogP contribution >= 0.6 is 11.3 Å². The molecule has 0 unspecified atom stereocenters. The van der Waals surface area contributed by atoms with Crippen LogP contribution < -0.4 is 10.2 Å². The number of amides is 2. The van der Waals surface area contributed by atoms with Crippen LogP contribution in [0.3, 0.4) is 0 Å². The highest BCUT2D eigenvalue weighted by molar-refractivity contribution is 7.14. The first-order chi connectivity index (χ1) is 13.2. The number of benzene rings is 1. The average molecular weight is 383 g/mol. The van der Waals surface area contributed by atoms with Gasteiger partial charge in [0, 0.05) is 43.3 Å². The molecule has 1 N–H and O–H groups in total. The number of halogens is 1. The number of anilines is 2. The molecule has 1 fully saturated rings. The Morgan fingerprint density at radius 1 is 1.15 bits per heavy atom. The smallest absolute Gasteiger partial charge is 0.322 e. The van der Waals surface area contributed by atoms with E-state index in [9.17, 15) is 9.18 Å². The number of nitrogens with zero attached hydrogens (tertiary/aromatic N) is 4. The van der Waals surface area contributed by atoms with Crippen molar-refractivity contribution in [3.63, 3.8) is 0 Å². The van der Waals surface area contributed by atoms with Gasteiger partial charge in [-0.1, -0.05) is 12.1 Å². The first kappa shape index (κ1) is 17.4. The third kappa shape index (κ3) is 4.06. The van der Waals surface area contributed by atoms with E-state index in [1.807, 2.05) is 17.5 Å². The van der Waals surface area contributed by atoms with Crippen LogP contribution in [0.25, 0.3) is 11.3 Å². The molecule has 138 valence electrons.